The molecule has 0 atom stereocenters. The smallest absolute Gasteiger partial charge is 0.242 e. The van der Waals surface area contributed by atoms with Gasteiger partial charge in [0.25, 0.3) is 0 Å². The van der Waals surface area contributed by atoms with Crippen molar-refractivity contribution < 1.29 is 9.59 Å². The lowest BCUT2D eigenvalue weighted by atomic mass is 10.3. The van der Waals surface area contributed by atoms with Crippen molar-refractivity contribution >= 4 is 19.8 Å². The summed E-state index contributed by atoms with van der Waals surface area (Å²) in [5.74, 6) is -0.565. The normalized spacial score (nSPS) is 20.2. The molecule has 8 heavy (non-hydrogen) atoms. The van der Waals surface area contributed by atoms with Crippen LogP contribution in [0.15, 0.2) is 0 Å². The highest BCUT2D eigenvalue weighted by Gasteiger charge is 2.23. The van der Waals surface area contributed by atoms with Gasteiger partial charge in [0.05, 0.1) is 0 Å². The molecular weight excluding hydrogens is 105 g/mol. The van der Waals surface area contributed by atoms with E-state index in [9.17, 15) is 9.59 Å². The van der Waals surface area contributed by atoms with Crippen molar-refractivity contribution in [1.29, 1.82) is 0 Å². The zero-order valence-corrected chi connectivity index (χ0v) is 4.26. The summed E-state index contributed by atoms with van der Waals surface area (Å²) in [5.41, 5.74) is 0. The van der Waals surface area contributed by atoms with E-state index in [-0.39, 0.29) is 24.7 Å². The van der Waals surface area contributed by atoms with Crippen LogP contribution in [0.25, 0.3) is 0 Å². The largest absolute Gasteiger partial charge is 0.341 e. The molecule has 3 nitrogen and oxygen atoms in total. The number of amides is 2. The van der Waals surface area contributed by atoms with Gasteiger partial charge in [-0.15, -0.1) is 0 Å². The highest BCUT2D eigenvalue weighted by Crippen LogP contribution is 2.06. The number of carbonyl (C=O) groups excluding carboxylic acids is 2. The van der Waals surface area contributed by atoms with Crippen LogP contribution in [0.2, 0.25) is 0 Å². The van der Waals surface area contributed by atoms with E-state index in [1.807, 2.05) is 0 Å². The Balaban J connectivity index is 2.70. The van der Waals surface area contributed by atoms with Crippen LogP contribution in [0.4, 0.5) is 0 Å². The van der Waals surface area contributed by atoms with Gasteiger partial charge in [0.1, 0.15) is 0 Å². The molecule has 1 aliphatic heterocycles. The van der Waals surface area contributed by atoms with Crippen LogP contribution < -0.4 is 0 Å². The molecular formula is C4H4BNO2. The molecule has 0 bridgehead atoms. The predicted octanol–water partition coefficient (Wildman–Crippen LogP) is -0.781. The average Bonchev–Trinajstić information content (AvgIpc) is 1.98. The molecule has 1 heterocycles. The third-order valence-corrected chi connectivity index (χ3v) is 1.09. The molecule has 2 amide bonds. The molecule has 1 saturated heterocycles. The van der Waals surface area contributed by atoms with Crippen LogP contribution in [0.1, 0.15) is 12.8 Å². The zero-order chi connectivity index (χ0) is 6.15. The summed E-state index contributed by atoms with van der Waals surface area (Å²) in [7, 11) is 4.96. The second-order valence-electron chi connectivity index (χ2n) is 1.66. The molecule has 2 radical (unpaired) electrons. The second kappa shape index (κ2) is 1.61. The first-order chi connectivity index (χ1) is 3.72. The standard InChI is InChI=1S/C4H4BNO2/c5-6-3(7)1-2-4(6)8/h1-2H2. The van der Waals surface area contributed by atoms with Gasteiger partial charge in [-0.25, -0.2) is 0 Å². The van der Waals surface area contributed by atoms with Gasteiger partial charge in [-0.3, -0.25) is 9.59 Å². The van der Waals surface area contributed by atoms with E-state index < -0.39 is 0 Å². The number of carbonyl (C=O) groups is 2. The lowest BCUT2D eigenvalue weighted by Gasteiger charge is -2.02. The van der Waals surface area contributed by atoms with E-state index in [1.54, 1.807) is 0 Å². The van der Waals surface area contributed by atoms with Crippen LogP contribution in [-0.2, 0) is 9.59 Å². The van der Waals surface area contributed by atoms with E-state index in [0.717, 1.165) is 0 Å². The van der Waals surface area contributed by atoms with Crippen LogP contribution in [0.3, 0.4) is 0 Å². The van der Waals surface area contributed by atoms with E-state index in [0.29, 0.717) is 4.81 Å². The van der Waals surface area contributed by atoms with E-state index >= 15 is 0 Å². The molecule has 0 N–H and O–H groups in total. The van der Waals surface area contributed by atoms with Crippen molar-refractivity contribution in [3.63, 3.8) is 0 Å². The summed E-state index contributed by atoms with van der Waals surface area (Å²) in [6.45, 7) is 0. The molecule has 0 aromatic rings. The summed E-state index contributed by atoms with van der Waals surface area (Å²) >= 11 is 0. The fourth-order valence-electron chi connectivity index (χ4n) is 0.594. The summed E-state index contributed by atoms with van der Waals surface area (Å²) in [6, 6.07) is 0. The van der Waals surface area contributed by atoms with Gasteiger partial charge in [0, 0.05) is 12.8 Å². The second-order valence-corrected chi connectivity index (χ2v) is 1.66. The van der Waals surface area contributed by atoms with Gasteiger partial charge in [-0.05, 0) is 0 Å². The van der Waals surface area contributed by atoms with Crippen molar-refractivity contribution in [1.82, 2.24) is 4.81 Å². The van der Waals surface area contributed by atoms with Crippen molar-refractivity contribution in [2.45, 2.75) is 12.8 Å². The van der Waals surface area contributed by atoms with Gasteiger partial charge in [0.15, 0.2) is 0 Å². The molecule has 1 aliphatic rings. The van der Waals surface area contributed by atoms with Crippen molar-refractivity contribution in [2.75, 3.05) is 0 Å². The fourth-order valence-corrected chi connectivity index (χ4v) is 0.594. The first kappa shape index (κ1) is 5.34. The summed E-state index contributed by atoms with van der Waals surface area (Å²) in [5, 5.41) is 0. The third-order valence-electron chi connectivity index (χ3n) is 1.09. The van der Waals surface area contributed by atoms with Crippen molar-refractivity contribution in [3.8, 4) is 0 Å². The maximum atomic E-state index is 10.4. The van der Waals surface area contributed by atoms with Crippen LogP contribution in [0, 0.1) is 0 Å². The average molecular weight is 109 g/mol. The predicted molar refractivity (Wildman–Crippen MR) is 26.8 cm³/mol. The number of nitrogens with zero attached hydrogens (tertiary/aromatic N) is 1. The Bertz CT molecular complexity index is 129. The zero-order valence-electron chi connectivity index (χ0n) is 4.26. The quantitative estimate of drug-likeness (QED) is 0.302. The van der Waals surface area contributed by atoms with Crippen molar-refractivity contribution in [3.05, 3.63) is 0 Å². The Labute approximate surface area is 48.1 Å². The summed E-state index contributed by atoms with van der Waals surface area (Å²) in [4.78, 5) is 21.4. The maximum absolute atomic E-state index is 10.4. The lowest BCUT2D eigenvalue weighted by molar-refractivity contribution is -0.132. The molecule has 0 unspecified atom stereocenters. The highest BCUT2D eigenvalue weighted by molar-refractivity contribution is 6.27. The third kappa shape index (κ3) is 0.618. The molecule has 0 aromatic carbocycles. The minimum Gasteiger partial charge on any atom is -0.341 e. The van der Waals surface area contributed by atoms with E-state index in [2.05, 4.69) is 0 Å². The van der Waals surface area contributed by atoms with Crippen molar-refractivity contribution in [2.24, 2.45) is 0 Å². The Morgan fingerprint density at radius 2 is 1.62 bits per heavy atom. The number of hydrogen-bond donors (Lipinski definition) is 0. The maximum Gasteiger partial charge on any atom is 0.242 e. The molecule has 40 valence electrons. The van der Waals surface area contributed by atoms with Gasteiger partial charge < -0.3 is 4.81 Å². The van der Waals surface area contributed by atoms with Crippen LogP contribution >= 0.6 is 0 Å². The first-order valence-corrected chi connectivity index (χ1v) is 2.32. The molecule has 4 heteroatoms. The van der Waals surface area contributed by atoms with Gasteiger partial charge >= 0.3 is 0 Å². The number of hydrogen-bond acceptors (Lipinski definition) is 2. The molecule has 1 fully saturated rings. The SMILES string of the molecule is [B]N1C(=O)CCC1=O. The fraction of sp³-hybridized carbons (Fsp3) is 0.500. The number of rotatable bonds is 0. The minimum absolute atomic E-state index is 0.273. The summed E-state index contributed by atoms with van der Waals surface area (Å²) in [6.07, 6.45) is 0.546. The van der Waals surface area contributed by atoms with E-state index in [1.165, 1.54) is 0 Å². The van der Waals surface area contributed by atoms with Crippen LogP contribution in [0.5, 0.6) is 0 Å². The molecule has 0 spiro atoms. The highest BCUT2D eigenvalue weighted by atomic mass is 16.2. The first-order valence-electron chi connectivity index (χ1n) is 2.32. The molecule has 0 aromatic heterocycles. The van der Waals surface area contributed by atoms with Gasteiger partial charge in [0.2, 0.25) is 19.8 Å². The Hall–Kier alpha value is -0.795. The number of imide groups is 1. The monoisotopic (exact) mass is 109 g/mol. The minimum atomic E-state index is -0.282. The lowest BCUT2D eigenvalue weighted by Crippen LogP contribution is -2.25. The van der Waals surface area contributed by atoms with Crippen LogP contribution in [-0.4, -0.2) is 24.6 Å². The molecule has 0 aliphatic carbocycles. The Kier molecular flexibility index (Phi) is 1.08. The topological polar surface area (TPSA) is 37.4 Å². The van der Waals surface area contributed by atoms with E-state index in [4.69, 9.17) is 7.98 Å². The van der Waals surface area contributed by atoms with Gasteiger partial charge in [-0.1, -0.05) is 0 Å². The molecule has 1 rings (SSSR count). The Morgan fingerprint density at radius 3 is 1.75 bits per heavy atom. The molecule has 0 saturated carbocycles. The summed E-state index contributed by atoms with van der Waals surface area (Å²) < 4.78 is 0. The van der Waals surface area contributed by atoms with Gasteiger partial charge in [-0.2, -0.15) is 0 Å². The Morgan fingerprint density at radius 1 is 1.25 bits per heavy atom.